The molecule has 0 radical (unpaired) electrons. The first kappa shape index (κ1) is 36.6. The lowest BCUT2D eigenvalue weighted by atomic mass is 9.43. The van der Waals surface area contributed by atoms with Crippen molar-refractivity contribution in [1.82, 2.24) is 4.98 Å². The van der Waals surface area contributed by atoms with E-state index >= 15 is 0 Å². The number of hydrogen-bond acceptors (Lipinski definition) is 8. The van der Waals surface area contributed by atoms with E-state index in [4.69, 9.17) is 9.47 Å². The maximum Gasteiger partial charge on any atom is 0.278 e. The number of hydrogen-bond donors (Lipinski definition) is 6. The lowest BCUT2D eigenvalue weighted by Crippen LogP contribution is -2.66. The van der Waals surface area contributed by atoms with E-state index in [1.54, 1.807) is 6.07 Å². The SMILES string of the molecule is CC1CCC2C(C)(C)C(O)CCC2(C)C12Cc1c(O)cc3c(c1O2)C(c1[nH]c(O)c2cc(O)c4c(c12)OC1(C4)C(C)CCC2C(C)(C)C(O)CCC21C)=NC3=O. The van der Waals surface area contributed by atoms with Crippen LogP contribution in [0.25, 0.3) is 10.8 Å². The van der Waals surface area contributed by atoms with Gasteiger partial charge in [0.25, 0.3) is 5.91 Å². The topological polar surface area (TPSA) is 165 Å². The largest absolute Gasteiger partial charge is 0.508 e. The summed E-state index contributed by atoms with van der Waals surface area (Å²) in [6.07, 6.45) is 6.79. The van der Waals surface area contributed by atoms with E-state index in [2.05, 4.69) is 65.4 Å². The predicted octanol–water partition coefficient (Wildman–Crippen LogP) is 8.09. The molecule has 1 aromatic heterocycles. The summed E-state index contributed by atoms with van der Waals surface area (Å²) in [5.74, 6) is 0.970. The molecular weight excluding hydrogens is 709 g/mol. The summed E-state index contributed by atoms with van der Waals surface area (Å²) >= 11 is 0. The molecule has 10 unspecified atom stereocenters. The number of aliphatic hydroxyl groups is 2. The number of aliphatic hydroxyl groups excluding tert-OH is 2. The van der Waals surface area contributed by atoms with Crippen molar-refractivity contribution < 1.29 is 39.8 Å². The summed E-state index contributed by atoms with van der Waals surface area (Å²) in [6, 6.07) is 3.11. The second-order valence-corrected chi connectivity index (χ2v) is 20.9. The Bertz CT molecular complexity index is 2290. The molecule has 3 aromatic rings. The average molecular weight is 767 g/mol. The highest BCUT2D eigenvalue weighted by Gasteiger charge is 2.69. The zero-order valence-electron chi connectivity index (χ0n) is 34.1. The summed E-state index contributed by atoms with van der Waals surface area (Å²) in [5.41, 5.74) is 0.130. The number of rotatable bonds is 1. The monoisotopic (exact) mass is 766 g/mol. The van der Waals surface area contributed by atoms with Crippen LogP contribution in [0.15, 0.2) is 17.1 Å². The molecule has 4 heterocycles. The number of aliphatic imine (C=N–C) groups is 1. The summed E-state index contributed by atoms with van der Waals surface area (Å²) in [7, 11) is 0. The number of aromatic amines is 1. The molecule has 4 saturated carbocycles. The number of aromatic hydroxyl groups is 3. The van der Waals surface area contributed by atoms with E-state index in [9.17, 15) is 30.3 Å². The van der Waals surface area contributed by atoms with Crippen molar-refractivity contribution in [2.75, 3.05) is 0 Å². The maximum absolute atomic E-state index is 13.9. The van der Waals surface area contributed by atoms with Crippen molar-refractivity contribution >= 4 is 22.4 Å². The number of aromatic nitrogens is 1. The van der Waals surface area contributed by atoms with Gasteiger partial charge in [-0.25, -0.2) is 4.99 Å². The van der Waals surface area contributed by atoms with E-state index < -0.39 is 29.3 Å². The number of carbonyl (C=O) groups excluding carboxylic acids is 1. The number of phenols is 2. The number of H-pyrrole nitrogens is 1. The van der Waals surface area contributed by atoms with Gasteiger partial charge in [0.1, 0.15) is 39.9 Å². The first-order valence-electron chi connectivity index (χ1n) is 21.1. The Morgan fingerprint density at radius 2 is 1.21 bits per heavy atom. The van der Waals surface area contributed by atoms with E-state index in [1.807, 2.05) is 0 Å². The van der Waals surface area contributed by atoms with Crippen molar-refractivity contribution in [3.05, 3.63) is 40.1 Å². The number of fused-ring (bicyclic) bond motifs is 10. The Morgan fingerprint density at radius 3 is 1.77 bits per heavy atom. The van der Waals surface area contributed by atoms with E-state index in [0.717, 1.165) is 38.5 Å². The third-order valence-electron chi connectivity index (χ3n) is 18.1. The fraction of sp³-hybridized carbons (Fsp3) is 0.652. The van der Waals surface area contributed by atoms with Gasteiger partial charge in [-0.1, -0.05) is 55.4 Å². The average Bonchev–Trinajstić information content (AvgIpc) is 3.90. The Labute approximate surface area is 328 Å². The highest BCUT2D eigenvalue weighted by molar-refractivity contribution is 6.32. The molecule has 2 spiro atoms. The van der Waals surface area contributed by atoms with E-state index in [1.165, 1.54) is 6.07 Å². The summed E-state index contributed by atoms with van der Waals surface area (Å²) in [6.45, 7) is 17.8. The lowest BCUT2D eigenvalue weighted by molar-refractivity contribution is -0.210. The molecule has 10 heteroatoms. The van der Waals surface area contributed by atoms with Crippen LogP contribution >= 0.6 is 0 Å². The highest BCUT2D eigenvalue weighted by Crippen LogP contribution is 2.69. The van der Waals surface area contributed by atoms with Crippen LogP contribution in [0.4, 0.5) is 0 Å². The second-order valence-electron chi connectivity index (χ2n) is 20.9. The van der Waals surface area contributed by atoms with Gasteiger partial charge < -0.3 is 40.0 Å². The molecule has 56 heavy (non-hydrogen) atoms. The molecule has 7 aliphatic rings. The maximum atomic E-state index is 13.9. The van der Waals surface area contributed by atoms with Crippen LogP contribution in [0.2, 0.25) is 0 Å². The van der Waals surface area contributed by atoms with Crippen LogP contribution in [0, 0.1) is 45.3 Å². The first-order valence-corrected chi connectivity index (χ1v) is 21.1. The van der Waals surface area contributed by atoms with Crippen LogP contribution in [0.3, 0.4) is 0 Å². The van der Waals surface area contributed by atoms with Gasteiger partial charge in [-0.3, -0.25) is 4.79 Å². The molecule has 10 nitrogen and oxygen atoms in total. The zero-order valence-corrected chi connectivity index (χ0v) is 34.1. The Kier molecular flexibility index (Phi) is 7.21. The van der Waals surface area contributed by atoms with Crippen LogP contribution in [0.5, 0.6) is 28.9 Å². The summed E-state index contributed by atoms with van der Waals surface area (Å²) < 4.78 is 14.7. The molecule has 300 valence electrons. The van der Waals surface area contributed by atoms with Gasteiger partial charge in [-0.15, -0.1) is 0 Å². The van der Waals surface area contributed by atoms with Gasteiger partial charge in [-0.2, -0.15) is 0 Å². The fourth-order valence-corrected chi connectivity index (χ4v) is 14.6. The number of carbonyl (C=O) groups is 1. The molecule has 0 bridgehead atoms. The quantitative estimate of drug-likeness (QED) is 0.145. The summed E-state index contributed by atoms with van der Waals surface area (Å²) in [4.78, 5) is 21.7. The number of phenolic OH excluding ortho intramolecular Hbond substituents is 2. The van der Waals surface area contributed by atoms with Crippen LogP contribution in [-0.4, -0.2) is 65.5 Å². The molecule has 1 amide bonds. The molecule has 10 atom stereocenters. The predicted molar refractivity (Wildman–Crippen MR) is 212 cm³/mol. The zero-order chi connectivity index (χ0) is 39.9. The first-order chi connectivity index (χ1) is 26.2. The van der Waals surface area contributed by atoms with E-state index in [0.29, 0.717) is 76.1 Å². The van der Waals surface area contributed by atoms with Crippen LogP contribution in [-0.2, 0) is 12.8 Å². The minimum absolute atomic E-state index is 0.0124. The van der Waals surface area contributed by atoms with Gasteiger partial charge in [0.05, 0.1) is 39.8 Å². The van der Waals surface area contributed by atoms with Crippen molar-refractivity contribution in [3.8, 4) is 28.9 Å². The molecule has 0 saturated heterocycles. The minimum Gasteiger partial charge on any atom is -0.508 e. The van der Waals surface area contributed by atoms with Crippen molar-refractivity contribution in [2.45, 2.75) is 143 Å². The van der Waals surface area contributed by atoms with Crippen molar-refractivity contribution in [3.63, 3.8) is 0 Å². The van der Waals surface area contributed by atoms with Crippen LogP contribution < -0.4 is 9.47 Å². The molecule has 3 aliphatic heterocycles. The number of ether oxygens (including phenoxy) is 2. The van der Waals surface area contributed by atoms with Gasteiger partial charge >= 0.3 is 0 Å². The molecule has 4 fully saturated rings. The van der Waals surface area contributed by atoms with Gasteiger partial charge in [0.15, 0.2) is 5.88 Å². The standard InChI is InChI=1S/C46H58N2O8/c1-21-9-11-29-41(3,4)31(51)13-15-43(29,7)45(21)19-25-27(49)17-23-33(37(25)55-45)35(47-39(23)53)36-34-24(40(54)48-36)18-28(50)26-20-46(56-38(26)34)22(2)10-12-30-42(5,6)32(52)14-16-44(30,46)8/h17-18,21-22,29-32,47,49-53H,9-16,19-20H2,1-8H3. The fourth-order valence-electron chi connectivity index (χ4n) is 14.6. The Hall–Kier alpha value is -3.76. The number of benzene rings is 2. The number of nitrogens with zero attached hydrogens (tertiary/aromatic N) is 1. The molecular formula is C46H58N2O8. The molecule has 6 N–H and O–H groups in total. The highest BCUT2D eigenvalue weighted by atomic mass is 16.5. The number of nitrogens with one attached hydrogen (secondary N) is 1. The lowest BCUT2D eigenvalue weighted by Gasteiger charge is -2.64. The Balaban J connectivity index is 1.12. The second kappa shape index (κ2) is 11.0. The summed E-state index contributed by atoms with van der Waals surface area (Å²) in [5, 5.41) is 58.1. The number of amides is 1. The van der Waals surface area contributed by atoms with Crippen LogP contribution in [0.1, 0.15) is 139 Å². The molecule has 10 rings (SSSR count). The van der Waals surface area contributed by atoms with Crippen molar-refractivity contribution in [2.24, 2.45) is 50.3 Å². The smallest absolute Gasteiger partial charge is 0.278 e. The van der Waals surface area contributed by atoms with Gasteiger partial charge in [0, 0.05) is 34.8 Å². The minimum atomic E-state index is -0.689. The van der Waals surface area contributed by atoms with Crippen molar-refractivity contribution in [1.29, 1.82) is 0 Å². The van der Waals surface area contributed by atoms with Gasteiger partial charge in [0.2, 0.25) is 0 Å². The molecule has 2 aromatic carbocycles. The van der Waals surface area contributed by atoms with E-state index in [-0.39, 0.29) is 68.3 Å². The third-order valence-corrected chi connectivity index (χ3v) is 18.1. The third kappa shape index (κ3) is 4.11. The van der Waals surface area contributed by atoms with Gasteiger partial charge in [-0.05, 0) is 98.0 Å². The normalized spacial score (nSPS) is 40.1. The molecule has 4 aliphatic carbocycles. The Morgan fingerprint density at radius 1 is 0.714 bits per heavy atom.